The molecule has 100 valence electrons. The molecule has 1 aliphatic heterocycles. The fraction of sp³-hybridized carbons (Fsp3) is 0.500. The number of aromatic nitrogens is 1. The monoisotopic (exact) mass is 270 g/mol. The summed E-state index contributed by atoms with van der Waals surface area (Å²) in [6.45, 7) is 5.65. The number of hydrogen-bond donors (Lipinski definition) is 2. The van der Waals surface area contributed by atoms with Gasteiger partial charge in [-0.1, -0.05) is 6.07 Å². The number of rotatable bonds is 3. The smallest absolute Gasteiger partial charge is 0.242 e. The average Bonchev–Trinajstić information content (AvgIpc) is 2.40. The maximum Gasteiger partial charge on any atom is 0.242 e. The first-order chi connectivity index (χ1) is 8.27. The van der Waals surface area contributed by atoms with Crippen molar-refractivity contribution in [2.75, 3.05) is 31.5 Å². The maximum atomic E-state index is 12.0. The van der Waals surface area contributed by atoms with Gasteiger partial charge in [-0.3, -0.25) is 9.69 Å². The van der Waals surface area contributed by atoms with Crippen molar-refractivity contribution >= 4 is 24.1 Å². The lowest BCUT2D eigenvalue weighted by atomic mass is 10.2. The van der Waals surface area contributed by atoms with E-state index in [1.165, 1.54) is 0 Å². The summed E-state index contributed by atoms with van der Waals surface area (Å²) in [6.07, 6.45) is 1.67. The van der Waals surface area contributed by atoms with E-state index in [1.54, 1.807) is 12.3 Å². The van der Waals surface area contributed by atoms with Crippen molar-refractivity contribution in [1.29, 1.82) is 0 Å². The Morgan fingerprint density at radius 1 is 1.44 bits per heavy atom. The van der Waals surface area contributed by atoms with Crippen molar-refractivity contribution in [1.82, 2.24) is 15.2 Å². The van der Waals surface area contributed by atoms with Crippen LogP contribution in [0.25, 0.3) is 0 Å². The Balaban J connectivity index is 0.00000162. The van der Waals surface area contributed by atoms with Crippen LogP contribution in [0.15, 0.2) is 24.4 Å². The zero-order valence-electron chi connectivity index (χ0n) is 10.4. The van der Waals surface area contributed by atoms with Crippen LogP contribution in [-0.2, 0) is 4.79 Å². The van der Waals surface area contributed by atoms with Gasteiger partial charge in [-0.15, -0.1) is 12.4 Å². The molecule has 5 nitrogen and oxygen atoms in total. The molecule has 1 amide bonds. The Morgan fingerprint density at radius 3 is 2.78 bits per heavy atom. The average molecular weight is 271 g/mol. The highest BCUT2D eigenvalue weighted by Crippen LogP contribution is 2.05. The van der Waals surface area contributed by atoms with Crippen LogP contribution in [0.1, 0.15) is 6.92 Å². The summed E-state index contributed by atoms with van der Waals surface area (Å²) in [7, 11) is 0. The zero-order chi connectivity index (χ0) is 12.1. The van der Waals surface area contributed by atoms with E-state index in [0.717, 1.165) is 26.2 Å². The molecule has 0 bridgehead atoms. The molecule has 2 rings (SSSR count). The van der Waals surface area contributed by atoms with E-state index >= 15 is 0 Å². The van der Waals surface area contributed by atoms with E-state index in [-0.39, 0.29) is 24.4 Å². The fourth-order valence-corrected chi connectivity index (χ4v) is 1.90. The molecule has 2 N–H and O–H groups in total. The van der Waals surface area contributed by atoms with Crippen molar-refractivity contribution in [3.8, 4) is 0 Å². The second kappa shape index (κ2) is 7.31. The SMILES string of the molecule is CC(C(=O)Nc1ccccn1)N1CCNCC1.Cl. The number of halogens is 1. The lowest BCUT2D eigenvalue weighted by Crippen LogP contribution is -2.51. The fourth-order valence-electron chi connectivity index (χ4n) is 1.90. The van der Waals surface area contributed by atoms with Crippen molar-refractivity contribution in [3.63, 3.8) is 0 Å². The second-order valence-electron chi connectivity index (χ2n) is 4.17. The number of piperazine rings is 1. The molecule has 0 aromatic carbocycles. The van der Waals surface area contributed by atoms with E-state index in [9.17, 15) is 4.79 Å². The molecule has 1 unspecified atom stereocenters. The molecule has 0 aliphatic carbocycles. The van der Waals surface area contributed by atoms with Gasteiger partial charge < -0.3 is 10.6 Å². The number of nitrogens with zero attached hydrogens (tertiary/aromatic N) is 2. The first-order valence-electron chi connectivity index (χ1n) is 5.94. The Kier molecular flexibility index (Phi) is 6.04. The summed E-state index contributed by atoms with van der Waals surface area (Å²) in [6, 6.07) is 5.37. The van der Waals surface area contributed by atoms with E-state index in [4.69, 9.17) is 0 Å². The zero-order valence-corrected chi connectivity index (χ0v) is 11.2. The van der Waals surface area contributed by atoms with Gasteiger partial charge in [0.2, 0.25) is 5.91 Å². The summed E-state index contributed by atoms with van der Waals surface area (Å²) >= 11 is 0. The van der Waals surface area contributed by atoms with Gasteiger partial charge in [0.05, 0.1) is 6.04 Å². The minimum atomic E-state index is -0.112. The summed E-state index contributed by atoms with van der Waals surface area (Å²) in [5.41, 5.74) is 0. The number of carbonyl (C=O) groups is 1. The highest BCUT2D eigenvalue weighted by Gasteiger charge is 2.22. The minimum absolute atomic E-state index is 0. The third-order valence-electron chi connectivity index (χ3n) is 2.99. The Bertz CT molecular complexity index is 368. The second-order valence-corrected chi connectivity index (χ2v) is 4.17. The molecular formula is C12H19ClN4O. The third kappa shape index (κ3) is 3.94. The molecular weight excluding hydrogens is 252 g/mol. The van der Waals surface area contributed by atoms with Crippen LogP contribution in [-0.4, -0.2) is 48.0 Å². The molecule has 2 heterocycles. The van der Waals surface area contributed by atoms with Crippen LogP contribution in [0, 0.1) is 0 Å². The highest BCUT2D eigenvalue weighted by molar-refractivity contribution is 5.93. The van der Waals surface area contributed by atoms with Crippen LogP contribution in [0.2, 0.25) is 0 Å². The van der Waals surface area contributed by atoms with Gasteiger partial charge in [0.1, 0.15) is 5.82 Å². The molecule has 1 aliphatic rings. The number of pyridine rings is 1. The van der Waals surface area contributed by atoms with Crippen LogP contribution >= 0.6 is 12.4 Å². The summed E-state index contributed by atoms with van der Waals surface area (Å²) in [5, 5.41) is 6.10. The van der Waals surface area contributed by atoms with Gasteiger partial charge in [0.25, 0.3) is 0 Å². The van der Waals surface area contributed by atoms with E-state index in [1.807, 2.05) is 19.1 Å². The molecule has 1 fully saturated rings. The summed E-state index contributed by atoms with van der Waals surface area (Å²) in [5.74, 6) is 0.616. The predicted molar refractivity (Wildman–Crippen MR) is 74.0 cm³/mol. The predicted octanol–water partition coefficient (Wildman–Crippen LogP) is 0.736. The normalized spacial score (nSPS) is 17.6. The summed E-state index contributed by atoms with van der Waals surface area (Å²) < 4.78 is 0. The molecule has 18 heavy (non-hydrogen) atoms. The van der Waals surface area contributed by atoms with Crippen molar-refractivity contribution in [3.05, 3.63) is 24.4 Å². The molecule has 1 atom stereocenters. The topological polar surface area (TPSA) is 57.3 Å². The Labute approximate surface area is 113 Å². The maximum absolute atomic E-state index is 12.0. The largest absolute Gasteiger partial charge is 0.314 e. The molecule has 6 heteroatoms. The molecule has 1 aromatic heterocycles. The van der Waals surface area contributed by atoms with E-state index in [0.29, 0.717) is 5.82 Å². The number of nitrogens with one attached hydrogen (secondary N) is 2. The van der Waals surface area contributed by atoms with E-state index < -0.39 is 0 Å². The van der Waals surface area contributed by atoms with Gasteiger partial charge in [-0.2, -0.15) is 0 Å². The van der Waals surface area contributed by atoms with Gasteiger partial charge in [0.15, 0.2) is 0 Å². The quantitative estimate of drug-likeness (QED) is 0.851. The third-order valence-corrected chi connectivity index (χ3v) is 2.99. The standard InChI is InChI=1S/C12H18N4O.ClH/c1-10(16-8-6-13-7-9-16)12(17)15-11-4-2-3-5-14-11;/h2-5,10,13H,6-9H2,1H3,(H,14,15,17);1H. The van der Waals surface area contributed by atoms with Gasteiger partial charge in [-0.05, 0) is 19.1 Å². The first-order valence-corrected chi connectivity index (χ1v) is 5.94. The number of hydrogen-bond acceptors (Lipinski definition) is 4. The summed E-state index contributed by atoms with van der Waals surface area (Å²) in [4.78, 5) is 18.3. The molecule has 1 saturated heterocycles. The highest BCUT2D eigenvalue weighted by atomic mass is 35.5. The molecule has 0 saturated carbocycles. The van der Waals surface area contributed by atoms with Crippen molar-refractivity contribution < 1.29 is 4.79 Å². The number of carbonyl (C=O) groups excluding carboxylic acids is 1. The van der Waals surface area contributed by atoms with Crippen molar-refractivity contribution in [2.24, 2.45) is 0 Å². The number of anilines is 1. The lowest BCUT2D eigenvalue weighted by molar-refractivity contribution is -0.121. The number of amides is 1. The Hall–Kier alpha value is -1.17. The van der Waals surface area contributed by atoms with Gasteiger partial charge >= 0.3 is 0 Å². The first kappa shape index (κ1) is 14.9. The minimum Gasteiger partial charge on any atom is -0.314 e. The lowest BCUT2D eigenvalue weighted by Gasteiger charge is -2.31. The van der Waals surface area contributed by atoms with Crippen LogP contribution < -0.4 is 10.6 Å². The Morgan fingerprint density at radius 2 is 2.17 bits per heavy atom. The van der Waals surface area contributed by atoms with Crippen LogP contribution in [0.4, 0.5) is 5.82 Å². The van der Waals surface area contributed by atoms with Crippen LogP contribution in [0.3, 0.4) is 0 Å². The van der Waals surface area contributed by atoms with Crippen LogP contribution in [0.5, 0.6) is 0 Å². The van der Waals surface area contributed by atoms with Gasteiger partial charge in [-0.25, -0.2) is 4.98 Å². The molecule has 1 aromatic rings. The van der Waals surface area contributed by atoms with E-state index in [2.05, 4.69) is 20.5 Å². The van der Waals surface area contributed by atoms with Crippen molar-refractivity contribution in [2.45, 2.75) is 13.0 Å². The molecule has 0 spiro atoms. The molecule has 0 radical (unpaired) electrons. The van der Waals surface area contributed by atoms with Gasteiger partial charge in [0, 0.05) is 32.4 Å².